The van der Waals surface area contributed by atoms with E-state index in [2.05, 4.69) is 24.8 Å². The zero-order valence-electron chi connectivity index (χ0n) is 11.2. The Hall–Kier alpha value is -2.13. The highest BCUT2D eigenvalue weighted by Crippen LogP contribution is 2.32. The van der Waals surface area contributed by atoms with Gasteiger partial charge in [0.05, 0.1) is 11.4 Å². The smallest absolute Gasteiger partial charge is 0.150 e. The van der Waals surface area contributed by atoms with Crippen molar-refractivity contribution in [3.05, 3.63) is 77.8 Å². The van der Waals surface area contributed by atoms with Gasteiger partial charge in [0, 0.05) is 5.02 Å². The fourth-order valence-electron chi connectivity index (χ4n) is 1.97. The van der Waals surface area contributed by atoms with Gasteiger partial charge in [-0.15, -0.1) is 0 Å². The van der Waals surface area contributed by atoms with Crippen LogP contribution in [-0.4, -0.2) is 5.71 Å². The highest BCUT2D eigenvalue weighted by Gasteiger charge is 2.23. The molecule has 2 nitrogen and oxygen atoms in total. The van der Waals surface area contributed by atoms with Crippen molar-refractivity contribution in [2.75, 3.05) is 5.01 Å². The Bertz CT molecular complexity index is 671. The maximum Gasteiger partial charge on any atom is 0.150 e. The van der Waals surface area contributed by atoms with Crippen LogP contribution in [0.5, 0.6) is 0 Å². The number of hydrazone groups is 1. The first-order valence-corrected chi connectivity index (χ1v) is 6.36. The van der Waals surface area contributed by atoms with Gasteiger partial charge in [0.2, 0.25) is 0 Å². The third-order valence-corrected chi connectivity index (χ3v) is 3.34. The molecule has 0 aromatic heterocycles. The van der Waals surface area contributed by atoms with Crippen LogP contribution in [0.3, 0.4) is 0 Å². The van der Waals surface area contributed by atoms with Gasteiger partial charge in [0.25, 0.3) is 0 Å². The van der Waals surface area contributed by atoms with Gasteiger partial charge in [-0.1, -0.05) is 31.3 Å². The molecule has 0 amide bonds. The third kappa shape index (κ3) is 2.32. The Morgan fingerprint density at radius 3 is 2.55 bits per heavy atom. The first-order valence-electron chi connectivity index (χ1n) is 5.98. The van der Waals surface area contributed by atoms with E-state index in [1.807, 2.05) is 6.92 Å². The van der Waals surface area contributed by atoms with Gasteiger partial charge in [-0.25, -0.2) is 9.40 Å². The van der Waals surface area contributed by atoms with Crippen molar-refractivity contribution < 1.29 is 4.39 Å². The molecule has 1 aliphatic rings. The minimum atomic E-state index is -0.454. The summed E-state index contributed by atoms with van der Waals surface area (Å²) >= 11 is 5.78. The number of hydrogen-bond acceptors (Lipinski definition) is 2. The van der Waals surface area contributed by atoms with Crippen LogP contribution < -0.4 is 5.01 Å². The molecule has 1 heterocycles. The predicted octanol–water partition coefficient (Wildman–Crippen LogP) is 4.86. The molecule has 4 heteroatoms. The van der Waals surface area contributed by atoms with Crippen LogP contribution in [0.1, 0.15) is 6.92 Å². The lowest BCUT2D eigenvalue weighted by Gasteiger charge is -2.28. The fourth-order valence-corrected chi connectivity index (χ4v) is 2.13. The molecular formula is C16H14ClFN2. The van der Waals surface area contributed by atoms with Gasteiger partial charge < -0.3 is 0 Å². The van der Waals surface area contributed by atoms with Crippen LogP contribution in [0.15, 0.2) is 72.0 Å². The van der Waals surface area contributed by atoms with E-state index in [1.54, 1.807) is 24.3 Å². The molecule has 1 aliphatic heterocycles. The molecule has 0 unspecified atom stereocenters. The molecular weight excluding hydrogens is 275 g/mol. The Labute approximate surface area is 122 Å². The summed E-state index contributed by atoms with van der Waals surface area (Å²) in [5, 5.41) is 6.19. The standard InChI is InChI=1S/C16H14ClFN2/c1-5-14-10(3)11(4)15(6-2)20(19-14)16-8-7-12(17)9-13(16)18/h5-9H,1-3H2,4H3. The van der Waals surface area contributed by atoms with Crippen LogP contribution in [-0.2, 0) is 0 Å². The highest BCUT2D eigenvalue weighted by atomic mass is 35.5. The van der Waals surface area contributed by atoms with Crippen molar-refractivity contribution in [2.45, 2.75) is 6.92 Å². The second kappa shape index (κ2) is 5.47. The monoisotopic (exact) mass is 288 g/mol. The molecule has 0 saturated carbocycles. The summed E-state index contributed by atoms with van der Waals surface area (Å²) in [6.45, 7) is 13.3. The molecule has 0 N–H and O–H groups in total. The Morgan fingerprint density at radius 1 is 1.30 bits per heavy atom. The molecule has 0 saturated heterocycles. The molecule has 1 aromatic rings. The van der Waals surface area contributed by atoms with Crippen molar-refractivity contribution in [3.63, 3.8) is 0 Å². The summed E-state index contributed by atoms with van der Waals surface area (Å²) in [5.41, 5.74) is 3.21. The maximum absolute atomic E-state index is 14.1. The van der Waals surface area contributed by atoms with Crippen LogP contribution in [0, 0.1) is 5.82 Å². The molecule has 0 atom stereocenters. The number of benzene rings is 1. The van der Waals surface area contributed by atoms with Crippen LogP contribution in [0.25, 0.3) is 0 Å². The number of hydrogen-bond donors (Lipinski definition) is 0. The van der Waals surface area contributed by atoms with E-state index in [1.165, 1.54) is 11.1 Å². The quantitative estimate of drug-likeness (QED) is 0.776. The molecule has 0 aliphatic carbocycles. The van der Waals surface area contributed by atoms with Gasteiger partial charge in [-0.05, 0) is 48.4 Å². The molecule has 102 valence electrons. The number of nitrogens with zero attached hydrogens (tertiary/aromatic N) is 2. The fraction of sp³-hybridized carbons (Fsp3) is 0.0625. The minimum absolute atomic E-state index is 0.301. The van der Waals surface area contributed by atoms with Crippen molar-refractivity contribution in [2.24, 2.45) is 5.10 Å². The second-order valence-electron chi connectivity index (χ2n) is 4.29. The summed E-state index contributed by atoms with van der Waals surface area (Å²) in [6.07, 6.45) is 3.21. The first-order chi connectivity index (χ1) is 9.49. The van der Waals surface area contributed by atoms with Crippen LogP contribution in [0.2, 0.25) is 5.02 Å². The average Bonchev–Trinajstić information content (AvgIpc) is 2.42. The summed E-state index contributed by atoms with van der Waals surface area (Å²) in [7, 11) is 0. The number of anilines is 1. The topological polar surface area (TPSA) is 15.6 Å². The maximum atomic E-state index is 14.1. The summed E-state index contributed by atoms with van der Waals surface area (Å²) in [6, 6.07) is 4.44. The highest BCUT2D eigenvalue weighted by molar-refractivity contribution is 6.30. The van der Waals surface area contributed by atoms with Gasteiger partial charge in [-0.2, -0.15) is 5.10 Å². The number of allylic oxidation sites excluding steroid dienone is 4. The van der Waals surface area contributed by atoms with Crippen molar-refractivity contribution in [1.82, 2.24) is 0 Å². The SMILES string of the molecule is C=CC1=NN(c2ccc(Cl)cc2F)C(C=C)=C(C)C1=C. The molecule has 0 spiro atoms. The van der Waals surface area contributed by atoms with Gasteiger partial charge >= 0.3 is 0 Å². The molecule has 1 aromatic carbocycles. The van der Waals surface area contributed by atoms with Gasteiger partial charge in [0.1, 0.15) is 11.5 Å². The van der Waals surface area contributed by atoms with E-state index in [0.717, 1.165) is 11.1 Å². The lowest BCUT2D eigenvalue weighted by atomic mass is 10.00. The van der Waals surface area contributed by atoms with E-state index in [0.29, 0.717) is 22.1 Å². The van der Waals surface area contributed by atoms with E-state index in [-0.39, 0.29) is 0 Å². The van der Waals surface area contributed by atoms with Gasteiger partial charge in [0.15, 0.2) is 0 Å². The zero-order valence-corrected chi connectivity index (χ0v) is 11.9. The molecule has 20 heavy (non-hydrogen) atoms. The number of halogens is 2. The Morgan fingerprint density at radius 2 is 2.00 bits per heavy atom. The van der Waals surface area contributed by atoms with E-state index in [4.69, 9.17) is 11.6 Å². The van der Waals surface area contributed by atoms with Crippen molar-refractivity contribution in [1.29, 1.82) is 0 Å². The first kappa shape index (κ1) is 14.3. The Balaban J connectivity index is 2.63. The number of rotatable bonds is 3. The van der Waals surface area contributed by atoms with Crippen molar-refractivity contribution in [3.8, 4) is 0 Å². The molecule has 0 fully saturated rings. The van der Waals surface area contributed by atoms with Crippen molar-refractivity contribution >= 4 is 23.0 Å². The summed E-state index contributed by atoms with van der Waals surface area (Å²) in [4.78, 5) is 0. The summed E-state index contributed by atoms with van der Waals surface area (Å²) < 4.78 is 14.1. The lowest BCUT2D eigenvalue weighted by molar-refractivity contribution is 0.624. The van der Waals surface area contributed by atoms with E-state index >= 15 is 0 Å². The largest absolute Gasteiger partial charge is 0.230 e. The van der Waals surface area contributed by atoms with E-state index in [9.17, 15) is 4.39 Å². The molecule has 0 radical (unpaired) electrons. The Kier molecular flexibility index (Phi) is 3.91. The van der Waals surface area contributed by atoms with Gasteiger partial charge in [-0.3, -0.25) is 0 Å². The third-order valence-electron chi connectivity index (χ3n) is 3.11. The molecule has 2 rings (SSSR count). The zero-order chi connectivity index (χ0) is 14.9. The van der Waals surface area contributed by atoms with Crippen LogP contribution >= 0.6 is 11.6 Å². The summed E-state index contributed by atoms with van der Waals surface area (Å²) in [5.74, 6) is -0.454. The predicted molar refractivity (Wildman–Crippen MR) is 83.6 cm³/mol. The average molecular weight is 289 g/mol. The molecule has 0 bridgehead atoms. The second-order valence-corrected chi connectivity index (χ2v) is 4.73. The van der Waals surface area contributed by atoms with E-state index < -0.39 is 5.82 Å². The normalized spacial score (nSPS) is 15.2. The lowest BCUT2D eigenvalue weighted by Crippen LogP contribution is -2.25. The van der Waals surface area contributed by atoms with Crippen LogP contribution in [0.4, 0.5) is 10.1 Å². The minimum Gasteiger partial charge on any atom is -0.230 e.